The summed E-state index contributed by atoms with van der Waals surface area (Å²) in [6.07, 6.45) is 0. The van der Waals surface area contributed by atoms with Crippen molar-refractivity contribution in [3.05, 3.63) is 58.1 Å². The molecule has 3 heteroatoms. The minimum absolute atomic E-state index is 0.0507. The minimum Gasteiger partial charge on any atom is -0.341 e. The molecular weight excluding hydrogens is 312 g/mol. The summed E-state index contributed by atoms with van der Waals surface area (Å²) in [4.78, 5) is 2.29. The highest BCUT2D eigenvalue weighted by molar-refractivity contribution is 9.10. The second-order valence-electron chi connectivity index (χ2n) is 5.08. The van der Waals surface area contributed by atoms with Crippen LogP contribution in [0.1, 0.15) is 31.0 Å². The van der Waals surface area contributed by atoms with Gasteiger partial charge in [-0.2, -0.15) is 0 Å². The molecule has 0 aliphatic rings. The number of hydrogen-bond acceptors (Lipinski definition) is 2. The molecule has 2 rings (SSSR count). The fraction of sp³-hybridized carbons (Fsp3) is 0.294. The van der Waals surface area contributed by atoms with Crippen molar-refractivity contribution in [1.29, 1.82) is 0 Å². The van der Waals surface area contributed by atoms with Crippen molar-refractivity contribution in [3.8, 4) is 0 Å². The molecule has 0 bridgehead atoms. The molecule has 0 spiro atoms. The number of hydrogen-bond donors (Lipinski definition) is 1. The van der Waals surface area contributed by atoms with Crippen LogP contribution in [0.4, 0.5) is 11.4 Å². The lowest BCUT2D eigenvalue weighted by Gasteiger charge is -2.25. The van der Waals surface area contributed by atoms with Gasteiger partial charge in [0, 0.05) is 22.7 Å². The summed E-state index contributed by atoms with van der Waals surface area (Å²) in [5.41, 5.74) is 10.7. The highest BCUT2D eigenvalue weighted by atomic mass is 79.9. The Bertz CT molecular complexity index is 576. The number of nitrogens with two attached hydrogens (primary N) is 1. The van der Waals surface area contributed by atoms with Crippen molar-refractivity contribution < 1.29 is 0 Å². The van der Waals surface area contributed by atoms with Crippen LogP contribution < -0.4 is 10.6 Å². The third-order valence-electron chi connectivity index (χ3n) is 3.45. The van der Waals surface area contributed by atoms with Gasteiger partial charge in [-0.15, -0.1) is 0 Å². The number of nitrogens with zero attached hydrogens (tertiary/aromatic N) is 1. The summed E-state index contributed by atoms with van der Waals surface area (Å²) in [6.45, 7) is 7.18. The lowest BCUT2D eigenvalue weighted by Crippen LogP contribution is -2.17. The number of benzene rings is 2. The van der Waals surface area contributed by atoms with E-state index in [-0.39, 0.29) is 6.04 Å². The Hall–Kier alpha value is -1.32. The van der Waals surface area contributed by atoms with Crippen LogP contribution in [-0.2, 0) is 0 Å². The Balaban J connectivity index is 2.39. The fourth-order valence-corrected chi connectivity index (χ4v) is 2.85. The first kappa shape index (κ1) is 15.1. The van der Waals surface area contributed by atoms with Gasteiger partial charge in [0.05, 0.1) is 5.69 Å². The molecule has 0 heterocycles. The van der Waals surface area contributed by atoms with Gasteiger partial charge in [0.15, 0.2) is 0 Å². The van der Waals surface area contributed by atoms with Crippen LogP contribution >= 0.6 is 15.9 Å². The Kier molecular flexibility index (Phi) is 4.84. The molecule has 0 aliphatic heterocycles. The summed E-state index contributed by atoms with van der Waals surface area (Å²) in [5.74, 6) is 0. The van der Waals surface area contributed by atoms with Crippen LogP contribution in [-0.4, -0.2) is 6.54 Å². The van der Waals surface area contributed by atoms with E-state index >= 15 is 0 Å². The normalized spacial score (nSPS) is 12.2. The average molecular weight is 333 g/mol. The Morgan fingerprint density at radius 2 is 1.80 bits per heavy atom. The van der Waals surface area contributed by atoms with Crippen molar-refractivity contribution in [1.82, 2.24) is 0 Å². The standard InChI is InChI=1S/C17H21BrN2/c1-4-20(15-8-5-12(2)6-9-15)17-10-7-14(13(3)19)11-16(17)18/h5-11,13H,4,19H2,1-3H3/t13-/m0/s1. The van der Waals surface area contributed by atoms with E-state index in [9.17, 15) is 0 Å². The molecule has 2 nitrogen and oxygen atoms in total. The second-order valence-corrected chi connectivity index (χ2v) is 5.93. The van der Waals surface area contributed by atoms with Crippen molar-refractivity contribution in [2.24, 2.45) is 5.73 Å². The van der Waals surface area contributed by atoms with E-state index in [1.54, 1.807) is 0 Å². The Labute approximate surface area is 129 Å². The van der Waals surface area contributed by atoms with Crippen LogP contribution in [0.2, 0.25) is 0 Å². The number of halogens is 1. The highest BCUT2D eigenvalue weighted by Gasteiger charge is 2.12. The predicted molar refractivity (Wildman–Crippen MR) is 90.6 cm³/mol. The molecule has 2 aromatic carbocycles. The van der Waals surface area contributed by atoms with Gasteiger partial charge in [-0.05, 0) is 66.5 Å². The first-order chi connectivity index (χ1) is 9.52. The lowest BCUT2D eigenvalue weighted by atomic mass is 10.1. The van der Waals surface area contributed by atoms with Gasteiger partial charge in [-0.1, -0.05) is 23.8 Å². The van der Waals surface area contributed by atoms with Crippen LogP contribution in [0.3, 0.4) is 0 Å². The van der Waals surface area contributed by atoms with Gasteiger partial charge >= 0.3 is 0 Å². The Morgan fingerprint density at radius 3 is 2.30 bits per heavy atom. The summed E-state index contributed by atoms with van der Waals surface area (Å²) < 4.78 is 1.08. The van der Waals surface area contributed by atoms with Gasteiger partial charge in [-0.25, -0.2) is 0 Å². The first-order valence-corrected chi connectivity index (χ1v) is 7.71. The summed E-state index contributed by atoms with van der Waals surface area (Å²) >= 11 is 3.67. The van der Waals surface area contributed by atoms with Gasteiger partial charge < -0.3 is 10.6 Å². The van der Waals surface area contributed by atoms with E-state index in [1.165, 1.54) is 16.9 Å². The number of rotatable bonds is 4. The SMILES string of the molecule is CCN(c1ccc(C)cc1)c1ccc([C@H](C)N)cc1Br. The molecule has 0 unspecified atom stereocenters. The fourth-order valence-electron chi connectivity index (χ4n) is 2.24. The average Bonchev–Trinajstić information content (AvgIpc) is 2.43. The smallest absolute Gasteiger partial charge is 0.0555 e. The molecule has 0 aromatic heterocycles. The molecular formula is C17H21BrN2. The van der Waals surface area contributed by atoms with Gasteiger partial charge in [0.2, 0.25) is 0 Å². The van der Waals surface area contributed by atoms with Crippen molar-refractivity contribution in [2.45, 2.75) is 26.8 Å². The maximum absolute atomic E-state index is 5.93. The van der Waals surface area contributed by atoms with Crippen LogP contribution in [0.25, 0.3) is 0 Å². The Morgan fingerprint density at radius 1 is 1.15 bits per heavy atom. The van der Waals surface area contributed by atoms with E-state index in [1.807, 2.05) is 6.92 Å². The predicted octanol–water partition coefficient (Wildman–Crippen LogP) is 4.94. The van der Waals surface area contributed by atoms with Crippen LogP contribution in [0, 0.1) is 6.92 Å². The molecule has 0 saturated carbocycles. The highest BCUT2D eigenvalue weighted by Crippen LogP contribution is 2.33. The monoisotopic (exact) mass is 332 g/mol. The van der Waals surface area contributed by atoms with Crippen LogP contribution in [0.15, 0.2) is 46.9 Å². The largest absolute Gasteiger partial charge is 0.341 e. The van der Waals surface area contributed by atoms with Crippen molar-refractivity contribution in [2.75, 3.05) is 11.4 Å². The van der Waals surface area contributed by atoms with E-state index in [0.717, 1.165) is 16.6 Å². The molecule has 0 radical (unpaired) electrons. The third kappa shape index (κ3) is 3.22. The maximum Gasteiger partial charge on any atom is 0.0555 e. The van der Waals surface area contributed by atoms with Crippen LogP contribution in [0.5, 0.6) is 0 Å². The summed E-state index contributed by atoms with van der Waals surface area (Å²) in [6, 6.07) is 15.0. The molecule has 1 atom stereocenters. The van der Waals surface area contributed by atoms with E-state index in [4.69, 9.17) is 5.73 Å². The van der Waals surface area contributed by atoms with Crippen molar-refractivity contribution >= 4 is 27.3 Å². The van der Waals surface area contributed by atoms with E-state index < -0.39 is 0 Å². The van der Waals surface area contributed by atoms with E-state index in [2.05, 4.69) is 77.1 Å². The summed E-state index contributed by atoms with van der Waals surface area (Å²) in [5, 5.41) is 0. The topological polar surface area (TPSA) is 29.3 Å². The zero-order valence-electron chi connectivity index (χ0n) is 12.2. The molecule has 0 amide bonds. The quantitative estimate of drug-likeness (QED) is 0.859. The van der Waals surface area contributed by atoms with Gasteiger partial charge in [-0.3, -0.25) is 0 Å². The molecule has 106 valence electrons. The minimum atomic E-state index is 0.0507. The number of anilines is 2. The molecule has 0 aliphatic carbocycles. The van der Waals surface area contributed by atoms with Gasteiger partial charge in [0.25, 0.3) is 0 Å². The molecule has 2 N–H and O–H groups in total. The zero-order valence-corrected chi connectivity index (χ0v) is 13.8. The summed E-state index contributed by atoms with van der Waals surface area (Å²) in [7, 11) is 0. The van der Waals surface area contributed by atoms with E-state index in [0.29, 0.717) is 0 Å². The molecule has 0 fully saturated rings. The van der Waals surface area contributed by atoms with Crippen molar-refractivity contribution in [3.63, 3.8) is 0 Å². The molecule has 20 heavy (non-hydrogen) atoms. The number of aryl methyl sites for hydroxylation is 1. The molecule has 0 saturated heterocycles. The van der Waals surface area contributed by atoms with Gasteiger partial charge in [0.1, 0.15) is 0 Å². The maximum atomic E-state index is 5.93. The first-order valence-electron chi connectivity index (χ1n) is 6.92. The second kappa shape index (κ2) is 6.42. The molecule has 2 aromatic rings. The third-order valence-corrected chi connectivity index (χ3v) is 4.09. The lowest BCUT2D eigenvalue weighted by molar-refractivity contribution is 0.817. The zero-order chi connectivity index (χ0) is 14.7.